The number of carbonyl (C=O) groups excluding carboxylic acids is 1. The fourth-order valence-electron chi connectivity index (χ4n) is 3.97. The van der Waals surface area contributed by atoms with E-state index in [1.54, 1.807) is 6.07 Å². The molecule has 1 saturated heterocycles. The Labute approximate surface area is 200 Å². The van der Waals surface area contributed by atoms with Crippen molar-refractivity contribution in [1.82, 2.24) is 15.1 Å². The van der Waals surface area contributed by atoms with Crippen LogP contribution >= 0.6 is 0 Å². The number of urea groups is 1. The van der Waals surface area contributed by atoms with E-state index in [0.717, 1.165) is 17.1 Å². The summed E-state index contributed by atoms with van der Waals surface area (Å²) >= 11 is 0. The minimum absolute atomic E-state index is 0.132. The van der Waals surface area contributed by atoms with Crippen LogP contribution in [0, 0.1) is 6.92 Å². The third-order valence-corrected chi connectivity index (χ3v) is 5.76. The summed E-state index contributed by atoms with van der Waals surface area (Å²) in [5.74, 6) is 2.12. The van der Waals surface area contributed by atoms with Gasteiger partial charge in [0.2, 0.25) is 0 Å². The molecule has 0 spiro atoms. The van der Waals surface area contributed by atoms with Crippen LogP contribution in [0.1, 0.15) is 19.4 Å². The van der Waals surface area contributed by atoms with Crippen LogP contribution in [0.5, 0.6) is 11.5 Å². The molecule has 0 bridgehead atoms. The van der Waals surface area contributed by atoms with Crippen molar-refractivity contribution in [3.8, 4) is 22.8 Å². The first-order valence-corrected chi connectivity index (χ1v) is 11.7. The molecule has 0 atom stereocenters. The van der Waals surface area contributed by atoms with E-state index in [0.29, 0.717) is 56.6 Å². The number of nitrogens with one attached hydrogen (secondary N) is 1. The van der Waals surface area contributed by atoms with Gasteiger partial charge in [0.05, 0.1) is 18.9 Å². The van der Waals surface area contributed by atoms with E-state index in [4.69, 9.17) is 9.47 Å². The summed E-state index contributed by atoms with van der Waals surface area (Å²) in [7, 11) is 0. The van der Waals surface area contributed by atoms with Crippen molar-refractivity contribution in [2.75, 3.05) is 49.6 Å². The van der Waals surface area contributed by atoms with E-state index in [1.807, 2.05) is 55.1 Å². The molecule has 1 N–H and O–H groups in total. The Kier molecular flexibility index (Phi) is 7.47. The van der Waals surface area contributed by atoms with Gasteiger partial charge >= 0.3 is 6.03 Å². The zero-order valence-corrected chi connectivity index (χ0v) is 20.0. The van der Waals surface area contributed by atoms with Crippen LogP contribution < -0.4 is 19.7 Å². The third kappa shape index (κ3) is 5.39. The van der Waals surface area contributed by atoms with Gasteiger partial charge in [-0.2, -0.15) is 0 Å². The van der Waals surface area contributed by atoms with Gasteiger partial charge in [0.25, 0.3) is 0 Å². The van der Waals surface area contributed by atoms with E-state index < -0.39 is 0 Å². The molecule has 2 amide bonds. The van der Waals surface area contributed by atoms with Gasteiger partial charge in [-0.1, -0.05) is 24.3 Å². The number of nitrogens with zero attached hydrogens (tertiary/aromatic N) is 4. The number of amides is 2. The minimum Gasteiger partial charge on any atom is -0.490 e. The van der Waals surface area contributed by atoms with E-state index >= 15 is 0 Å². The van der Waals surface area contributed by atoms with Crippen molar-refractivity contribution >= 4 is 17.5 Å². The first-order chi connectivity index (χ1) is 16.6. The predicted octanol–water partition coefficient (Wildman–Crippen LogP) is 4.60. The summed E-state index contributed by atoms with van der Waals surface area (Å²) < 4.78 is 11.2. The molecular weight excluding hydrogens is 430 g/mol. The molecule has 34 heavy (non-hydrogen) atoms. The summed E-state index contributed by atoms with van der Waals surface area (Å²) in [5.41, 5.74) is 3.80. The van der Waals surface area contributed by atoms with Crippen LogP contribution in [0.3, 0.4) is 0 Å². The molecule has 1 fully saturated rings. The summed E-state index contributed by atoms with van der Waals surface area (Å²) in [5, 5.41) is 11.8. The third-order valence-electron chi connectivity index (χ3n) is 5.76. The number of aryl methyl sites for hydroxylation is 1. The van der Waals surface area contributed by atoms with Crippen LogP contribution in [0.25, 0.3) is 11.3 Å². The van der Waals surface area contributed by atoms with Gasteiger partial charge in [-0.25, -0.2) is 4.79 Å². The highest BCUT2D eigenvalue weighted by Gasteiger charge is 2.22. The van der Waals surface area contributed by atoms with Crippen molar-refractivity contribution in [3.05, 3.63) is 60.2 Å². The second-order valence-corrected chi connectivity index (χ2v) is 8.02. The first-order valence-electron chi connectivity index (χ1n) is 11.7. The van der Waals surface area contributed by atoms with Crippen molar-refractivity contribution in [3.63, 3.8) is 0 Å². The van der Waals surface area contributed by atoms with Crippen LogP contribution in [0.2, 0.25) is 0 Å². The zero-order chi connectivity index (χ0) is 23.9. The van der Waals surface area contributed by atoms with E-state index in [1.165, 1.54) is 5.56 Å². The Morgan fingerprint density at radius 2 is 1.65 bits per heavy atom. The van der Waals surface area contributed by atoms with Gasteiger partial charge in [0.1, 0.15) is 0 Å². The van der Waals surface area contributed by atoms with Gasteiger partial charge in [-0.15, -0.1) is 10.2 Å². The van der Waals surface area contributed by atoms with Gasteiger partial charge in [0.15, 0.2) is 17.3 Å². The van der Waals surface area contributed by atoms with E-state index in [-0.39, 0.29) is 6.03 Å². The highest BCUT2D eigenvalue weighted by atomic mass is 16.5. The smallest absolute Gasteiger partial charge is 0.321 e. The maximum absolute atomic E-state index is 12.8. The van der Waals surface area contributed by atoms with Crippen molar-refractivity contribution in [2.45, 2.75) is 20.8 Å². The van der Waals surface area contributed by atoms with E-state index in [9.17, 15) is 4.79 Å². The molecule has 1 aliphatic rings. The minimum atomic E-state index is -0.132. The highest BCUT2D eigenvalue weighted by Crippen LogP contribution is 2.31. The molecule has 0 unspecified atom stereocenters. The maximum Gasteiger partial charge on any atom is 0.321 e. The average Bonchev–Trinajstić information content (AvgIpc) is 2.86. The van der Waals surface area contributed by atoms with Crippen LogP contribution in [-0.4, -0.2) is 60.5 Å². The largest absolute Gasteiger partial charge is 0.490 e. The van der Waals surface area contributed by atoms with Crippen LogP contribution in [-0.2, 0) is 0 Å². The first kappa shape index (κ1) is 23.4. The number of ether oxygens (including phenoxy) is 2. The molecule has 1 aliphatic heterocycles. The average molecular weight is 462 g/mol. The molecule has 4 rings (SSSR count). The lowest BCUT2D eigenvalue weighted by Crippen LogP contribution is -2.50. The number of hydrogen-bond acceptors (Lipinski definition) is 6. The number of anilines is 2. The lowest BCUT2D eigenvalue weighted by atomic mass is 10.1. The van der Waals surface area contributed by atoms with Crippen LogP contribution in [0.4, 0.5) is 16.3 Å². The number of aromatic nitrogens is 2. The molecule has 8 heteroatoms. The van der Waals surface area contributed by atoms with Crippen LogP contribution in [0.15, 0.2) is 54.6 Å². The molecule has 178 valence electrons. The van der Waals surface area contributed by atoms with E-state index in [2.05, 4.69) is 39.5 Å². The lowest BCUT2D eigenvalue weighted by molar-refractivity contribution is 0.208. The summed E-state index contributed by atoms with van der Waals surface area (Å²) in [6.07, 6.45) is 0. The fourth-order valence-corrected chi connectivity index (χ4v) is 3.97. The molecule has 1 aromatic heterocycles. The van der Waals surface area contributed by atoms with Crippen molar-refractivity contribution in [1.29, 1.82) is 0 Å². The lowest BCUT2D eigenvalue weighted by Gasteiger charge is -2.35. The predicted molar refractivity (Wildman–Crippen MR) is 134 cm³/mol. The second kappa shape index (κ2) is 10.9. The monoisotopic (exact) mass is 461 g/mol. The fraction of sp³-hybridized carbons (Fsp3) is 0.346. The summed E-state index contributed by atoms with van der Waals surface area (Å²) in [6.45, 7) is 9.57. The Morgan fingerprint density at radius 3 is 2.32 bits per heavy atom. The molecule has 0 aliphatic carbocycles. The Bertz CT molecular complexity index is 1110. The SMILES string of the molecule is CCOc1ccc(NC(=O)N2CCN(c3ccc(-c4ccccc4C)nn3)CC2)cc1OCC. The number of rotatable bonds is 7. The number of hydrogen-bond donors (Lipinski definition) is 1. The Morgan fingerprint density at radius 1 is 0.912 bits per heavy atom. The van der Waals surface area contributed by atoms with Gasteiger partial charge < -0.3 is 24.6 Å². The summed E-state index contributed by atoms with van der Waals surface area (Å²) in [4.78, 5) is 16.8. The Hall–Kier alpha value is -3.81. The quantitative estimate of drug-likeness (QED) is 0.554. The number of benzene rings is 2. The van der Waals surface area contributed by atoms with Gasteiger partial charge in [-0.3, -0.25) is 0 Å². The molecule has 8 nitrogen and oxygen atoms in total. The van der Waals surface area contributed by atoms with Gasteiger partial charge in [0, 0.05) is 43.5 Å². The molecular formula is C26H31N5O3. The molecule has 3 aromatic rings. The maximum atomic E-state index is 12.8. The zero-order valence-electron chi connectivity index (χ0n) is 20.0. The topological polar surface area (TPSA) is 79.8 Å². The highest BCUT2D eigenvalue weighted by molar-refractivity contribution is 5.90. The molecule has 0 saturated carbocycles. The van der Waals surface area contributed by atoms with Crippen molar-refractivity contribution < 1.29 is 14.3 Å². The normalized spacial score (nSPS) is 13.5. The van der Waals surface area contributed by atoms with Crippen molar-refractivity contribution in [2.24, 2.45) is 0 Å². The summed E-state index contributed by atoms with van der Waals surface area (Å²) in [6, 6.07) is 17.5. The Balaban J connectivity index is 1.34. The number of carbonyl (C=O) groups is 1. The number of piperazine rings is 1. The standard InChI is InChI=1S/C26H31N5O3/c1-4-33-23-12-10-20(18-24(23)34-5-2)27-26(32)31-16-14-30(15-17-31)25-13-11-22(28-29-25)21-9-7-6-8-19(21)3/h6-13,18H,4-5,14-17H2,1-3H3,(H,27,32). The van der Waals surface area contributed by atoms with Gasteiger partial charge in [-0.05, 0) is 50.6 Å². The molecule has 0 radical (unpaired) electrons. The molecule has 2 heterocycles. The molecule has 2 aromatic carbocycles. The second-order valence-electron chi connectivity index (χ2n) is 8.02.